The van der Waals surface area contributed by atoms with Gasteiger partial charge < -0.3 is 15.2 Å². The molecule has 2 fully saturated rings. The third-order valence-corrected chi connectivity index (χ3v) is 6.21. The Morgan fingerprint density at radius 3 is 2.27 bits per heavy atom. The molecule has 2 N–H and O–H groups in total. The lowest BCUT2D eigenvalue weighted by atomic mass is 9.53. The van der Waals surface area contributed by atoms with Crippen LogP contribution in [-0.2, 0) is 14.3 Å². The molecule has 2 aliphatic rings. The molecule has 5 heteroatoms. The molecule has 2 saturated carbocycles. The van der Waals surface area contributed by atoms with Gasteiger partial charge in [0.15, 0.2) is 0 Å². The third kappa shape index (κ3) is 2.64. The first-order valence-electron chi connectivity index (χ1n) is 8.47. The fourth-order valence-electron chi connectivity index (χ4n) is 4.81. The number of methoxy groups -OCH3 is 1. The Labute approximate surface area is 132 Å². The lowest BCUT2D eigenvalue weighted by Gasteiger charge is -2.59. The van der Waals surface area contributed by atoms with Crippen LogP contribution in [0.3, 0.4) is 0 Å². The predicted molar refractivity (Wildman–Crippen MR) is 83.4 cm³/mol. The van der Waals surface area contributed by atoms with Crippen molar-refractivity contribution >= 4 is 11.9 Å². The van der Waals surface area contributed by atoms with Gasteiger partial charge in [-0.15, -0.1) is 0 Å². The van der Waals surface area contributed by atoms with E-state index in [1.165, 1.54) is 0 Å². The first-order chi connectivity index (χ1) is 10.4. The molecule has 0 aromatic rings. The van der Waals surface area contributed by atoms with Crippen LogP contribution in [0.25, 0.3) is 0 Å². The molecule has 22 heavy (non-hydrogen) atoms. The van der Waals surface area contributed by atoms with Gasteiger partial charge in [0.2, 0.25) is 5.91 Å². The largest absolute Gasteiger partial charge is 0.481 e. The zero-order valence-corrected chi connectivity index (χ0v) is 14.1. The van der Waals surface area contributed by atoms with Crippen LogP contribution in [0.2, 0.25) is 0 Å². The number of hydrogen-bond acceptors (Lipinski definition) is 3. The summed E-state index contributed by atoms with van der Waals surface area (Å²) in [5.74, 6) is -0.958. The zero-order valence-electron chi connectivity index (χ0n) is 14.1. The summed E-state index contributed by atoms with van der Waals surface area (Å²) < 4.78 is 5.65. The minimum atomic E-state index is -0.775. The van der Waals surface area contributed by atoms with Crippen molar-refractivity contribution in [3.63, 3.8) is 0 Å². The van der Waals surface area contributed by atoms with Crippen LogP contribution in [-0.4, -0.2) is 36.2 Å². The highest BCUT2D eigenvalue weighted by Crippen LogP contribution is 2.52. The highest BCUT2D eigenvalue weighted by atomic mass is 16.5. The van der Waals surface area contributed by atoms with Crippen LogP contribution in [0.1, 0.15) is 52.9 Å². The molecule has 1 amide bonds. The summed E-state index contributed by atoms with van der Waals surface area (Å²) in [6.07, 6.45) is 3.90. The van der Waals surface area contributed by atoms with Gasteiger partial charge in [0.25, 0.3) is 0 Å². The first-order valence-corrected chi connectivity index (χ1v) is 8.47. The van der Waals surface area contributed by atoms with Crippen molar-refractivity contribution in [2.45, 2.75) is 65.0 Å². The Bertz CT molecular complexity index is 432. The summed E-state index contributed by atoms with van der Waals surface area (Å²) in [6.45, 7) is 6.42. The van der Waals surface area contributed by atoms with Crippen LogP contribution >= 0.6 is 0 Å². The van der Waals surface area contributed by atoms with E-state index < -0.39 is 5.97 Å². The van der Waals surface area contributed by atoms with Crippen LogP contribution in [0.15, 0.2) is 0 Å². The standard InChI is InChI=1S/C17H29NO4/c1-5-17(6-2)13(10(3)14(17)22-4)18-15(19)11-7-8-12(9-11)16(20)21/h10-14H,5-9H2,1-4H3,(H,18,19)(H,20,21)/t10?,11-,12+,13?,14?/m1/s1. The molecule has 0 bridgehead atoms. The van der Waals surface area contributed by atoms with Crippen LogP contribution < -0.4 is 5.32 Å². The molecule has 126 valence electrons. The van der Waals surface area contributed by atoms with Crippen LogP contribution in [0.5, 0.6) is 0 Å². The van der Waals surface area contributed by atoms with Gasteiger partial charge in [-0.05, 0) is 32.1 Å². The second-order valence-corrected chi connectivity index (χ2v) is 6.99. The van der Waals surface area contributed by atoms with E-state index in [-0.39, 0.29) is 35.3 Å². The SMILES string of the molecule is CCC1(CC)C(NC(=O)[C@@H]2CC[C@H](C(=O)O)C2)C(C)C1OC. The molecule has 0 saturated heterocycles. The highest BCUT2D eigenvalue weighted by molar-refractivity contribution is 5.81. The van der Waals surface area contributed by atoms with E-state index >= 15 is 0 Å². The number of ether oxygens (including phenoxy) is 1. The summed E-state index contributed by atoms with van der Waals surface area (Å²) in [6, 6.07) is 0.129. The second-order valence-electron chi connectivity index (χ2n) is 6.99. The number of carboxylic acid groups (broad SMARTS) is 1. The number of amides is 1. The molecule has 5 atom stereocenters. The molecule has 5 nitrogen and oxygen atoms in total. The molecule has 0 heterocycles. The van der Waals surface area contributed by atoms with E-state index in [2.05, 4.69) is 26.1 Å². The number of hydrogen-bond donors (Lipinski definition) is 2. The Morgan fingerprint density at radius 2 is 1.82 bits per heavy atom. The number of nitrogens with one attached hydrogen (secondary N) is 1. The fraction of sp³-hybridized carbons (Fsp3) is 0.882. The average molecular weight is 311 g/mol. The Hall–Kier alpha value is -1.10. The van der Waals surface area contributed by atoms with Gasteiger partial charge >= 0.3 is 5.97 Å². The van der Waals surface area contributed by atoms with Crippen molar-refractivity contribution in [2.24, 2.45) is 23.2 Å². The van der Waals surface area contributed by atoms with Gasteiger partial charge in [-0.2, -0.15) is 0 Å². The Balaban J connectivity index is 2.01. The Kier molecular flexibility index (Phi) is 5.15. The number of carboxylic acids is 1. The van der Waals surface area contributed by atoms with Gasteiger partial charge in [0, 0.05) is 30.4 Å². The van der Waals surface area contributed by atoms with Crippen molar-refractivity contribution in [1.29, 1.82) is 0 Å². The summed E-state index contributed by atoms with van der Waals surface area (Å²) in [7, 11) is 1.74. The van der Waals surface area contributed by atoms with Gasteiger partial charge in [0.1, 0.15) is 0 Å². The molecule has 0 aromatic heterocycles. The summed E-state index contributed by atoms with van der Waals surface area (Å²) in [4.78, 5) is 23.6. The van der Waals surface area contributed by atoms with Gasteiger partial charge in [-0.3, -0.25) is 9.59 Å². The normalized spacial score (nSPS) is 36.6. The monoisotopic (exact) mass is 311 g/mol. The smallest absolute Gasteiger partial charge is 0.306 e. The van der Waals surface area contributed by atoms with E-state index in [0.717, 1.165) is 12.8 Å². The van der Waals surface area contributed by atoms with Crippen molar-refractivity contribution in [3.05, 3.63) is 0 Å². The molecule has 2 rings (SSSR count). The molecule has 0 radical (unpaired) electrons. The summed E-state index contributed by atoms with van der Waals surface area (Å²) in [5, 5.41) is 12.3. The second kappa shape index (κ2) is 6.57. The van der Waals surface area contributed by atoms with Gasteiger partial charge in [-0.1, -0.05) is 20.8 Å². The fourth-order valence-corrected chi connectivity index (χ4v) is 4.81. The van der Waals surface area contributed by atoms with E-state index in [1.54, 1.807) is 7.11 Å². The minimum Gasteiger partial charge on any atom is -0.481 e. The summed E-state index contributed by atoms with van der Waals surface area (Å²) in [5.41, 5.74) is 0.00856. The number of carbonyl (C=O) groups excluding carboxylic acids is 1. The maximum Gasteiger partial charge on any atom is 0.306 e. The third-order valence-electron chi connectivity index (χ3n) is 6.21. The van der Waals surface area contributed by atoms with Gasteiger partial charge in [0.05, 0.1) is 12.0 Å². The molecule has 0 aromatic carbocycles. The molecule has 0 spiro atoms. The quantitative estimate of drug-likeness (QED) is 0.790. The van der Waals surface area contributed by atoms with Crippen molar-refractivity contribution in [1.82, 2.24) is 5.32 Å². The van der Waals surface area contributed by atoms with Gasteiger partial charge in [-0.25, -0.2) is 0 Å². The van der Waals surface area contributed by atoms with Crippen LogP contribution in [0.4, 0.5) is 0 Å². The van der Waals surface area contributed by atoms with Crippen LogP contribution in [0, 0.1) is 23.2 Å². The average Bonchev–Trinajstić information content (AvgIpc) is 2.99. The number of aliphatic carboxylic acids is 1. The van der Waals surface area contributed by atoms with Crippen molar-refractivity contribution in [2.75, 3.05) is 7.11 Å². The van der Waals surface area contributed by atoms with E-state index in [4.69, 9.17) is 9.84 Å². The lowest BCUT2D eigenvalue weighted by Crippen LogP contribution is -2.70. The molecule has 0 aliphatic heterocycles. The Morgan fingerprint density at radius 1 is 1.23 bits per heavy atom. The van der Waals surface area contributed by atoms with Crippen molar-refractivity contribution in [3.8, 4) is 0 Å². The molecular formula is C17H29NO4. The topological polar surface area (TPSA) is 75.6 Å². The van der Waals surface area contributed by atoms with E-state index in [1.807, 2.05) is 0 Å². The summed E-state index contributed by atoms with van der Waals surface area (Å²) >= 11 is 0. The number of carbonyl (C=O) groups is 2. The maximum absolute atomic E-state index is 12.5. The molecule has 2 aliphatic carbocycles. The number of rotatable bonds is 6. The predicted octanol–water partition coefficient (Wildman–Crippen LogP) is 2.44. The van der Waals surface area contributed by atoms with E-state index in [0.29, 0.717) is 25.2 Å². The van der Waals surface area contributed by atoms with Crippen molar-refractivity contribution < 1.29 is 19.4 Å². The maximum atomic E-state index is 12.5. The minimum absolute atomic E-state index is 0.00856. The first kappa shape index (κ1) is 17.3. The molecular weight excluding hydrogens is 282 g/mol. The lowest BCUT2D eigenvalue weighted by molar-refractivity contribution is -0.173. The van der Waals surface area contributed by atoms with E-state index in [9.17, 15) is 9.59 Å². The highest BCUT2D eigenvalue weighted by Gasteiger charge is 2.59. The molecule has 3 unspecified atom stereocenters. The zero-order chi connectivity index (χ0) is 16.5.